The van der Waals surface area contributed by atoms with Crippen molar-refractivity contribution >= 4 is 17.7 Å². The lowest BCUT2D eigenvalue weighted by Crippen LogP contribution is -2.43. The van der Waals surface area contributed by atoms with E-state index in [1.54, 1.807) is 11.0 Å². The average molecular weight is 507 g/mol. The van der Waals surface area contributed by atoms with Gasteiger partial charge in [-0.2, -0.15) is 0 Å². The highest BCUT2D eigenvalue weighted by Crippen LogP contribution is 2.33. The predicted molar refractivity (Wildman–Crippen MR) is 137 cm³/mol. The van der Waals surface area contributed by atoms with Crippen molar-refractivity contribution < 1.29 is 23.8 Å². The quantitative estimate of drug-likeness (QED) is 0.477. The van der Waals surface area contributed by atoms with Gasteiger partial charge in [-0.15, -0.1) is 0 Å². The molecule has 194 valence electrons. The van der Waals surface area contributed by atoms with Gasteiger partial charge < -0.3 is 24.6 Å². The first-order valence-corrected chi connectivity index (χ1v) is 12.6. The standard InChI is InChI=1S/C28H31FN4O4/c1-17-19(6-9-21-8-5-18-4-3-11-30-27(18)31-21)15-24-28(36)33(13-12-32(17)24)23(16-26(34)35)20-7-10-25(37-2)22(29)14-20/h5,7-8,10,14-15,23H,3-4,6,9,11-13,16H2,1-2H3,(H,30,31)(H,34,35)/t23-/m0/s1. The van der Waals surface area contributed by atoms with Crippen LogP contribution in [0.2, 0.25) is 0 Å². The number of ether oxygens (including phenoxy) is 1. The molecule has 2 N–H and O–H groups in total. The Kier molecular flexibility index (Phi) is 6.86. The lowest BCUT2D eigenvalue weighted by atomic mass is 10.00. The number of benzene rings is 1. The van der Waals surface area contributed by atoms with Crippen LogP contribution in [0.4, 0.5) is 10.2 Å². The molecule has 0 saturated carbocycles. The summed E-state index contributed by atoms with van der Waals surface area (Å²) in [6.07, 6.45) is 3.35. The number of amides is 1. The summed E-state index contributed by atoms with van der Waals surface area (Å²) in [4.78, 5) is 31.6. The maximum atomic E-state index is 14.4. The van der Waals surface area contributed by atoms with Crippen molar-refractivity contribution in [2.24, 2.45) is 0 Å². The Balaban J connectivity index is 1.37. The molecule has 9 heteroatoms. The third-order valence-electron chi connectivity index (χ3n) is 7.42. The average Bonchev–Trinajstić information content (AvgIpc) is 3.22. The molecule has 0 aliphatic carbocycles. The summed E-state index contributed by atoms with van der Waals surface area (Å²) in [5.41, 5.74) is 5.32. The molecule has 0 bridgehead atoms. The Morgan fingerprint density at radius 1 is 1.22 bits per heavy atom. The zero-order valence-electron chi connectivity index (χ0n) is 21.1. The minimum absolute atomic E-state index is 0.0705. The molecule has 1 aromatic carbocycles. The molecule has 0 fully saturated rings. The number of methoxy groups -OCH3 is 1. The van der Waals surface area contributed by atoms with E-state index in [0.717, 1.165) is 55.0 Å². The highest BCUT2D eigenvalue weighted by atomic mass is 19.1. The molecule has 4 heterocycles. The first-order valence-electron chi connectivity index (χ1n) is 12.6. The van der Waals surface area contributed by atoms with E-state index in [1.165, 1.54) is 24.8 Å². The summed E-state index contributed by atoms with van der Waals surface area (Å²) in [7, 11) is 1.37. The third kappa shape index (κ3) is 4.90. The van der Waals surface area contributed by atoms with Gasteiger partial charge in [0, 0.05) is 31.0 Å². The third-order valence-corrected chi connectivity index (χ3v) is 7.42. The minimum atomic E-state index is -1.06. The van der Waals surface area contributed by atoms with E-state index in [2.05, 4.69) is 17.4 Å². The lowest BCUT2D eigenvalue weighted by Gasteiger charge is -2.35. The van der Waals surface area contributed by atoms with E-state index in [9.17, 15) is 19.1 Å². The van der Waals surface area contributed by atoms with Gasteiger partial charge >= 0.3 is 5.97 Å². The molecule has 1 atom stereocenters. The normalized spacial score (nSPS) is 15.5. The van der Waals surface area contributed by atoms with E-state index in [1.807, 2.05) is 17.6 Å². The number of carboxylic acid groups (broad SMARTS) is 1. The van der Waals surface area contributed by atoms with Crippen molar-refractivity contribution in [3.05, 3.63) is 76.0 Å². The van der Waals surface area contributed by atoms with Crippen LogP contribution in [0, 0.1) is 12.7 Å². The number of carbonyl (C=O) groups excluding carboxylic acids is 1. The van der Waals surface area contributed by atoms with Crippen LogP contribution in [0.25, 0.3) is 0 Å². The summed E-state index contributed by atoms with van der Waals surface area (Å²) in [6, 6.07) is 9.68. The first kappa shape index (κ1) is 24.8. The molecule has 0 unspecified atom stereocenters. The minimum Gasteiger partial charge on any atom is -0.494 e. The van der Waals surface area contributed by atoms with Crippen LogP contribution in [0.15, 0.2) is 36.4 Å². The van der Waals surface area contributed by atoms with Crippen LogP contribution in [-0.2, 0) is 30.6 Å². The second kappa shape index (κ2) is 10.2. The fourth-order valence-corrected chi connectivity index (χ4v) is 5.41. The van der Waals surface area contributed by atoms with Gasteiger partial charge in [-0.05, 0) is 73.6 Å². The molecule has 1 amide bonds. The van der Waals surface area contributed by atoms with Crippen LogP contribution in [0.5, 0.6) is 5.75 Å². The Morgan fingerprint density at radius 3 is 2.81 bits per heavy atom. The Bertz CT molecular complexity index is 1350. The van der Waals surface area contributed by atoms with E-state index in [4.69, 9.17) is 9.72 Å². The van der Waals surface area contributed by atoms with Crippen LogP contribution >= 0.6 is 0 Å². The van der Waals surface area contributed by atoms with Crippen molar-refractivity contribution in [2.45, 2.75) is 51.6 Å². The number of carbonyl (C=O) groups is 2. The van der Waals surface area contributed by atoms with Gasteiger partial charge in [0.05, 0.1) is 19.6 Å². The van der Waals surface area contributed by atoms with Gasteiger partial charge in [0.2, 0.25) is 0 Å². The Morgan fingerprint density at radius 2 is 2.05 bits per heavy atom. The zero-order chi connectivity index (χ0) is 26.1. The fraction of sp³-hybridized carbons (Fsp3) is 0.393. The Labute approximate surface area is 215 Å². The van der Waals surface area contributed by atoms with E-state index < -0.39 is 17.8 Å². The number of halogens is 1. The van der Waals surface area contributed by atoms with Crippen LogP contribution in [-0.4, -0.2) is 51.6 Å². The number of fused-ring (bicyclic) bond motifs is 2. The summed E-state index contributed by atoms with van der Waals surface area (Å²) in [6.45, 7) is 3.84. The number of pyridine rings is 1. The highest BCUT2D eigenvalue weighted by molar-refractivity contribution is 5.94. The largest absolute Gasteiger partial charge is 0.494 e. The zero-order valence-corrected chi connectivity index (χ0v) is 21.1. The lowest BCUT2D eigenvalue weighted by molar-refractivity contribution is -0.138. The van der Waals surface area contributed by atoms with E-state index in [0.29, 0.717) is 24.3 Å². The maximum absolute atomic E-state index is 14.4. The first-order chi connectivity index (χ1) is 17.9. The van der Waals surface area contributed by atoms with Gasteiger partial charge in [-0.3, -0.25) is 9.59 Å². The number of nitrogens with zero attached hydrogens (tertiary/aromatic N) is 3. The van der Waals surface area contributed by atoms with Crippen molar-refractivity contribution in [3.8, 4) is 5.75 Å². The van der Waals surface area contributed by atoms with Crippen molar-refractivity contribution in [3.63, 3.8) is 0 Å². The monoisotopic (exact) mass is 506 g/mol. The van der Waals surface area contributed by atoms with Gasteiger partial charge in [0.15, 0.2) is 11.6 Å². The molecular formula is C28H31FN4O4. The van der Waals surface area contributed by atoms with Gasteiger partial charge in [0.1, 0.15) is 11.5 Å². The molecule has 37 heavy (non-hydrogen) atoms. The predicted octanol–water partition coefficient (Wildman–Crippen LogP) is 4.15. The SMILES string of the molecule is COc1ccc([C@H](CC(=O)O)N2CCn3c(cc(CCc4ccc5c(n4)NCCC5)c3C)C2=O)cc1F. The van der Waals surface area contributed by atoms with Gasteiger partial charge in [-0.25, -0.2) is 9.37 Å². The molecule has 3 aromatic rings. The number of hydrogen-bond donors (Lipinski definition) is 2. The van der Waals surface area contributed by atoms with E-state index >= 15 is 0 Å². The van der Waals surface area contributed by atoms with Crippen LogP contribution in [0.1, 0.15) is 57.5 Å². The molecule has 0 radical (unpaired) electrons. The second-order valence-corrected chi connectivity index (χ2v) is 9.64. The molecular weight excluding hydrogens is 475 g/mol. The fourth-order valence-electron chi connectivity index (χ4n) is 5.41. The molecule has 2 aromatic heterocycles. The second-order valence-electron chi connectivity index (χ2n) is 9.64. The van der Waals surface area contributed by atoms with Crippen LogP contribution < -0.4 is 10.1 Å². The smallest absolute Gasteiger partial charge is 0.305 e. The number of aromatic nitrogens is 2. The van der Waals surface area contributed by atoms with Crippen molar-refractivity contribution in [1.82, 2.24) is 14.5 Å². The molecule has 2 aliphatic rings. The molecule has 8 nitrogen and oxygen atoms in total. The summed E-state index contributed by atoms with van der Waals surface area (Å²) in [5, 5.41) is 12.9. The summed E-state index contributed by atoms with van der Waals surface area (Å²) in [5.74, 6) is -0.853. The topological polar surface area (TPSA) is 96.7 Å². The number of aryl methyl sites for hydroxylation is 3. The van der Waals surface area contributed by atoms with Crippen LogP contribution in [0.3, 0.4) is 0 Å². The molecule has 0 spiro atoms. The molecule has 5 rings (SSSR count). The van der Waals surface area contributed by atoms with E-state index in [-0.39, 0.29) is 18.1 Å². The number of rotatable bonds is 8. The summed E-state index contributed by atoms with van der Waals surface area (Å²) < 4.78 is 21.4. The number of hydrogen-bond acceptors (Lipinski definition) is 5. The number of anilines is 1. The van der Waals surface area contributed by atoms with Crippen molar-refractivity contribution in [1.29, 1.82) is 0 Å². The molecule has 2 aliphatic heterocycles. The molecule has 0 saturated heterocycles. The maximum Gasteiger partial charge on any atom is 0.305 e. The van der Waals surface area contributed by atoms with Gasteiger partial charge in [0.25, 0.3) is 5.91 Å². The van der Waals surface area contributed by atoms with Crippen molar-refractivity contribution in [2.75, 3.05) is 25.5 Å². The Hall–Kier alpha value is -3.88. The van der Waals surface area contributed by atoms with Gasteiger partial charge in [-0.1, -0.05) is 12.1 Å². The summed E-state index contributed by atoms with van der Waals surface area (Å²) >= 11 is 0. The number of carboxylic acids is 1. The number of nitrogens with one attached hydrogen (secondary N) is 1. The number of aliphatic carboxylic acids is 1. The highest BCUT2D eigenvalue weighted by Gasteiger charge is 2.34.